The predicted octanol–water partition coefficient (Wildman–Crippen LogP) is 3.69. The van der Waals surface area contributed by atoms with E-state index in [1.54, 1.807) is 30.3 Å². The number of benzene rings is 1. The molecule has 0 aliphatic carbocycles. The van der Waals surface area contributed by atoms with Gasteiger partial charge in [0.1, 0.15) is 0 Å². The minimum Gasteiger partial charge on any atom is -0.330 e. The van der Waals surface area contributed by atoms with E-state index in [4.69, 9.17) is 35.4 Å². The van der Waals surface area contributed by atoms with Gasteiger partial charge in [0.05, 0.1) is 15.6 Å². The van der Waals surface area contributed by atoms with Crippen LogP contribution in [0.25, 0.3) is 0 Å². The summed E-state index contributed by atoms with van der Waals surface area (Å²) in [5.74, 6) is -0.258. The molecule has 0 radical (unpaired) electrons. The van der Waals surface area contributed by atoms with Gasteiger partial charge in [-0.1, -0.05) is 29.3 Å². The first-order valence-corrected chi connectivity index (χ1v) is 7.46. The van der Waals surface area contributed by atoms with Crippen molar-refractivity contribution in [3.05, 3.63) is 50.6 Å². The van der Waals surface area contributed by atoms with Gasteiger partial charge in [0.2, 0.25) is 0 Å². The molecule has 1 heterocycles. The van der Waals surface area contributed by atoms with Crippen LogP contribution in [0.3, 0.4) is 0 Å². The Kier molecular flexibility index (Phi) is 5.19. The number of amides is 1. The number of nitrogens with one attached hydrogen (secondary N) is 3. The van der Waals surface area contributed by atoms with Gasteiger partial charge in [-0.3, -0.25) is 15.6 Å². The number of hydrogen-bond acceptors (Lipinski definition) is 3. The van der Waals surface area contributed by atoms with Crippen LogP contribution in [0.2, 0.25) is 10.0 Å². The fourth-order valence-corrected chi connectivity index (χ4v) is 2.56. The molecule has 0 saturated heterocycles. The van der Waals surface area contributed by atoms with Crippen molar-refractivity contribution in [1.29, 1.82) is 0 Å². The average molecular weight is 346 g/mol. The normalized spacial score (nSPS) is 9.90. The second-order valence-corrected chi connectivity index (χ2v) is 5.83. The van der Waals surface area contributed by atoms with Crippen LogP contribution in [0, 0.1) is 0 Å². The molecule has 1 aromatic heterocycles. The van der Waals surface area contributed by atoms with Gasteiger partial charge in [-0.25, -0.2) is 0 Å². The summed E-state index contributed by atoms with van der Waals surface area (Å²) >= 11 is 18.2. The lowest BCUT2D eigenvalue weighted by Crippen LogP contribution is -2.43. The summed E-state index contributed by atoms with van der Waals surface area (Å²) in [7, 11) is 0. The van der Waals surface area contributed by atoms with Gasteiger partial charge in [-0.2, -0.15) is 0 Å². The standard InChI is InChI=1S/C12H9Cl2N3OS2/c13-7-3-4-9(8(14)6-7)15-12(19)17-16-11(18)10-2-1-5-20-10/h1-6H,(H,16,18)(H2,15,17,19). The third-order valence-corrected chi connectivity index (χ3v) is 3.83. The maximum Gasteiger partial charge on any atom is 0.279 e. The van der Waals surface area contributed by atoms with E-state index in [9.17, 15) is 4.79 Å². The number of halogens is 2. The predicted molar refractivity (Wildman–Crippen MR) is 87.6 cm³/mol. The summed E-state index contributed by atoms with van der Waals surface area (Å²) in [5, 5.41) is 5.87. The number of thiophene rings is 1. The van der Waals surface area contributed by atoms with Crippen LogP contribution >= 0.6 is 46.8 Å². The van der Waals surface area contributed by atoms with Gasteiger partial charge >= 0.3 is 0 Å². The molecule has 0 aliphatic rings. The molecule has 2 rings (SSSR count). The highest BCUT2D eigenvalue weighted by Crippen LogP contribution is 2.25. The van der Waals surface area contributed by atoms with E-state index in [2.05, 4.69) is 16.2 Å². The van der Waals surface area contributed by atoms with Crippen molar-refractivity contribution in [2.24, 2.45) is 0 Å². The van der Waals surface area contributed by atoms with Gasteiger partial charge in [-0.15, -0.1) is 11.3 Å². The van der Waals surface area contributed by atoms with E-state index in [1.807, 2.05) is 5.38 Å². The van der Waals surface area contributed by atoms with Crippen LogP contribution in [-0.2, 0) is 0 Å². The van der Waals surface area contributed by atoms with Gasteiger partial charge in [0.25, 0.3) is 5.91 Å². The molecule has 1 amide bonds. The zero-order chi connectivity index (χ0) is 14.5. The second-order valence-electron chi connectivity index (χ2n) is 3.63. The van der Waals surface area contributed by atoms with Crippen LogP contribution in [0.5, 0.6) is 0 Å². The highest BCUT2D eigenvalue weighted by molar-refractivity contribution is 7.80. The van der Waals surface area contributed by atoms with Crippen LogP contribution in [0.4, 0.5) is 5.69 Å². The Labute approximate surface area is 135 Å². The van der Waals surface area contributed by atoms with Crippen LogP contribution in [0.1, 0.15) is 9.67 Å². The van der Waals surface area contributed by atoms with Crippen molar-refractivity contribution in [3.8, 4) is 0 Å². The van der Waals surface area contributed by atoms with Gasteiger partial charge in [0, 0.05) is 5.02 Å². The number of anilines is 1. The molecule has 104 valence electrons. The molecule has 0 bridgehead atoms. The molecule has 4 nitrogen and oxygen atoms in total. The fraction of sp³-hybridized carbons (Fsp3) is 0. The lowest BCUT2D eigenvalue weighted by atomic mass is 10.3. The Bertz CT molecular complexity index is 632. The van der Waals surface area contributed by atoms with Crippen molar-refractivity contribution in [2.75, 3.05) is 5.32 Å². The number of hydrazine groups is 1. The summed E-state index contributed by atoms with van der Waals surface area (Å²) in [6, 6.07) is 8.48. The van der Waals surface area contributed by atoms with Crippen molar-refractivity contribution in [1.82, 2.24) is 10.9 Å². The van der Waals surface area contributed by atoms with Crippen molar-refractivity contribution in [2.45, 2.75) is 0 Å². The molecule has 0 spiro atoms. The minimum absolute atomic E-state index is 0.221. The molecule has 0 aliphatic heterocycles. The Morgan fingerprint density at radius 2 is 2.00 bits per heavy atom. The maximum atomic E-state index is 11.7. The molecule has 0 saturated carbocycles. The van der Waals surface area contributed by atoms with E-state index < -0.39 is 0 Å². The Morgan fingerprint density at radius 3 is 2.65 bits per heavy atom. The minimum atomic E-state index is -0.258. The monoisotopic (exact) mass is 345 g/mol. The van der Waals surface area contributed by atoms with Crippen molar-refractivity contribution >= 4 is 63.5 Å². The summed E-state index contributed by atoms with van der Waals surface area (Å²) in [4.78, 5) is 12.3. The molecular weight excluding hydrogens is 337 g/mol. The van der Waals surface area contributed by atoms with Crippen molar-refractivity contribution in [3.63, 3.8) is 0 Å². The average Bonchev–Trinajstić information content (AvgIpc) is 2.93. The summed E-state index contributed by atoms with van der Waals surface area (Å²) in [5.41, 5.74) is 5.68. The quantitative estimate of drug-likeness (QED) is 0.574. The number of thiocarbonyl (C=S) groups is 1. The van der Waals surface area contributed by atoms with Crippen LogP contribution < -0.4 is 16.2 Å². The Hall–Kier alpha value is -1.34. The number of rotatable bonds is 2. The van der Waals surface area contributed by atoms with Crippen molar-refractivity contribution < 1.29 is 4.79 Å². The molecule has 8 heteroatoms. The largest absolute Gasteiger partial charge is 0.330 e. The number of carbonyl (C=O) groups excluding carboxylic acids is 1. The molecule has 1 aromatic carbocycles. The zero-order valence-corrected chi connectivity index (χ0v) is 13.1. The SMILES string of the molecule is O=C(NNC(=S)Nc1ccc(Cl)cc1Cl)c1cccs1. The van der Waals surface area contributed by atoms with E-state index in [0.29, 0.717) is 20.6 Å². The topological polar surface area (TPSA) is 53.2 Å². The van der Waals surface area contributed by atoms with Crippen LogP contribution in [0.15, 0.2) is 35.7 Å². The smallest absolute Gasteiger partial charge is 0.279 e. The number of hydrogen-bond donors (Lipinski definition) is 3. The first-order chi connectivity index (χ1) is 9.56. The Morgan fingerprint density at radius 1 is 1.20 bits per heavy atom. The van der Waals surface area contributed by atoms with Gasteiger partial charge in [-0.05, 0) is 41.9 Å². The lowest BCUT2D eigenvalue weighted by Gasteiger charge is -2.12. The molecule has 3 N–H and O–H groups in total. The van der Waals surface area contributed by atoms with E-state index in [-0.39, 0.29) is 11.0 Å². The Balaban J connectivity index is 1.88. The maximum absolute atomic E-state index is 11.7. The van der Waals surface area contributed by atoms with E-state index in [0.717, 1.165) is 0 Å². The third kappa shape index (κ3) is 4.08. The second kappa shape index (κ2) is 6.90. The summed E-state index contributed by atoms with van der Waals surface area (Å²) in [6.45, 7) is 0. The van der Waals surface area contributed by atoms with Gasteiger partial charge < -0.3 is 5.32 Å². The molecule has 2 aromatic rings. The molecule has 0 fully saturated rings. The third-order valence-electron chi connectivity index (χ3n) is 2.21. The number of carbonyl (C=O) groups is 1. The summed E-state index contributed by atoms with van der Waals surface area (Å²) in [6.07, 6.45) is 0. The highest BCUT2D eigenvalue weighted by atomic mass is 35.5. The zero-order valence-electron chi connectivity index (χ0n) is 9.94. The van der Waals surface area contributed by atoms with E-state index in [1.165, 1.54) is 11.3 Å². The van der Waals surface area contributed by atoms with Gasteiger partial charge in [0.15, 0.2) is 5.11 Å². The molecule has 20 heavy (non-hydrogen) atoms. The van der Waals surface area contributed by atoms with E-state index >= 15 is 0 Å². The highest BCUT2D eigenvalue weighted by Gasteiger charge is 2.07. The fourth-order valence-electron chi connectivity index (χ4n) is 1.33. The first kappa shape index (κ1) is 15.1. The molecule has 0 unspecified atom stereocenters. The lowest BCUT2D eigenvalue weighted by molar-refractivity contribution is 0.0948. The van der Waals surface area contributed by atoms with Crippen LogP contribution in [-0.4, -0.2) is 11.0 Å². The summed E-state index contributed by atoms with van der Waals surface area (Å²) < 4.78 is 0. The first-order valence-electron chi connectivity index (χ1n) is 5.42. The molecule has 0 atom stereocenters. The molecular formula is C12H9Cl2N3OS2.